The number of hydrogen-bond acceptors (Lipinski definition) is 7. The van der Waals surface area contributed by atoms with Crippen molar-refractivity contribution in [2.75, 3.05) is 33.4 Å². The molecule has 12 unspecified atom stereocenters. The molecular weight excluding hydrogens is 628 g/mol. The van der Waals surface area contributed by atoms with Crippen LogP contribution in [0.3, 0.4) is 0 Å². The number of nitrogens with two attached hydrogens (primary N) is 1. The minimum Gasteiger partial charge on any atom is -0.396 e. The van der Waals surface area contributed by atoms with Gasteiger partial charge in [-0.05, 0) is 118 Å². The van der Waals surface area contributed by atoms with Crippen molar-refractivity contribution in [3.8, 4) is 11.8 Å². The number of ketones is 2. The summed E-state index contributed by atoms with van der Waals surface area (Å²) in [5.41, 5.74) is 0. The van der Waals surface area contributed by atoms with Crippen LogP contribution in [0.2, 0.25) is 0 Å². The first-order valence-corrected chi connectivity index (χ1v) is 20.9. The summed E-state index contributed by atoms with van der Waals surface area (Å²) in [7, 11) is 1.68. The summed E-state index contributed by atoms with van der Waals surface area (Å²) >= 11 is 0. The maximum Gasteiger partial charge on any atom is 0.144 e. The van der Waals surface area contributed by atoms with Crippen LogP contribution in [0.15, 0.2) is 0 Å². The van der Waals surface area contributed by atoms with E-state index in [-0.39, 0.29) is 78.7 Å². The number of piperidine rings is 1. The van der Waals surface area contributed by atoms with Crippen molar-refractivity contribution >= 4 is 11.6 Å². The summed E-state index contributed by atoms with van der Waals surface area (Å²) in [6.45, 7) is 4.47. The molecule has 12 atom stereocenters. The molecule has 0 spiro atoms. The highest BCUT2D eigenvalue weighted by Crippen LogP contribution is 2.47. The van der Waals surface area contributed by atoms with Crippen molar-refractivity contribution in [3.63, 3.8) is 0 Å². The fraction of sp³-hybridized carbons (Fsp3) is 0.905. The molecule has 8 heteroatoms. The Morgan fingerprint density at radius 2 is 1.76 bits per heavy atom. The van der Waals surface area contributed by atoms with E-state index in [2.05, 4.69) is 29.4 Å². The van der Waals surface area contributed by atoms with E-state index in [4.69, 9.17) is 4.74 Å². The summed E-state index contributed by atoms with van der Waals surface area (Å²) < 4.78 is 5.74. The Hall–Kier alpha value is -1.34. The minimum atomic E-state index is -0.515. The van der Waals surface area contributed by atoms with Crippen molar-refractivity contribution in [1.82, 2.24) is 5.32 Å². The van der Waals surface area contributed by atoms with E-state index < -0.39 is 6.10 Å². The molecule has 1 aliphatic heterocycles. The van der Waals surface area contributed by atoms with E-state index in [1.807, 2.05) is 0 Å². The molecule has 4 fully saturated rings. The lowest BCUT2D eigenvalue weighted by Crippen LogP contribution is -2.95. The average Bonchev–Trinajstić information content (AvgIpc) is 3.29. The van der Waals surface area contributed by atoms with Gasteiger partial charge in [-0.3, -0.25) is 14.9 Å². The molecule has 0 aromatic rings. The molecule has 284 valence electrons. The lowest BCUT2D eigenvalue weighted by Gasteiger charge is -2.44. The molecule has 0 radical (unpaired) electrons. The highest BCUT2D eigenvalue weighted by atomic mass is 16.5. The normalized spacial score (nSPS) is 38.4. The number of rotatable bonds is 12. The summed E-state index contributed by atoms with van der Waals surface area (Å²) in [5.74, 6) is 10.2. The SMILES string of the molecule is CCCC(CO)C1CC(CC2CC[NH2+]C(NCCCO)C2)CC2C#CC(C3CCCCC3)C3CC(O)C(OC)CC3CCC(=O)CC(=O)C2C1. The van der Waals surface area contributed by atoms with E-state index in [1.54, 1.807) is 7.11 Å². The number of carbonyl (C=O) groups is 2. The zero-order valence-corrected chi connectivity index (χ0v) is 31.4. The van der Waals surface area contributed by atoms with Crippen LogP contribution in [0.25, 0.3) is 0 Å². The quantitative estimate of drug-likeness (QED) is 0.114. The third-order valence-electron chi connectivity index (χ3n) is 13.9. The highest BCUT2D eigenvalue weighted by molar-refractivity contribution is 6.00. The number of nitrogens with one attached hydrogen (secondary N) is 1. The molecule has 0 bridgehead atoms. The summed E-state index contributed by atoms with van der Waals surface area (Å²) in [6.07, 6.45) is 17.1. The molecule has 0 amide bonds. The Balaban J connectivity index is 1.48. The van der Waals surface area contributed by atoms with Gasteiger partial charge < -0.3 is 25.4 Å². The molecule has 0 aromatic carbocycles. The van der Waals surface area contributed by atoms with Gasteiger partial charge in [-0.2, -0.15) is 0 Å². The van der Waals surface area contributed by atoms with Crippen molar-refractivity contribution in [2.45, 2.75) is 147 Å². The smallest absolute Gasteiger partial charge is 0.144 e. The number of hydrogen-bond donors (Lipinski definition) is 5. The monoisotopic (exact) mass is 700 g/mol. The topological polar surface area (TPSA) is 133 Å². The number of quaternary nitrogens is 1. The zero-order chi connectivity index (χ0) is 35.5. The number of carbonyl (C=O) groups excluding carboxylic acids is 2. The summed E-state index contributed by atoms with van der Waals surface area (Å²) in [4.78, 5) is 27.8. The Morgan fingerprint density at radius 1 is 0.940 bits per heavy atom. The van der Waals surface area contributed by atoms with Crippen LogP contribution in [0.1, 0.15) is 129 Å². The number of aliphatic hydroxyl groups excluding tert-OH is 3. The number of aliphatic hydroxyl groups is 3. The molecule has 5 aliphatic rings. The molecule has 50 heavy (non-hydrogen) atoms. The van der Waals surface area contributed by atoms with Crippen molar-refractivity contribution in [2.24, 2.45) is 59.2 Å². The van der Waals surface area contributed by atoms with E-state index in [9.17, 15) is 24.9 Å². The van der Waals surface area contributed by atoms with Gasteiger partial charge in [0.15, 0.2) is 0 Å². The van der Waals surface area contributed by atoms with E-state index in [0.29, 0.717) is 36.8 Å². The molecule has 4 aliphatic carbocycles. The standard InChI is InChI=1S/C42H70N2O6/c1-3-8-33(27-46)34-21-29(19-28-15-17-44-42(22-28)43-16-7-18-45)20-31-12-14-36(30-9-5-4-6-10-30)37-26-40(49)41(50-2)24-32(37)11-13-35(47)25-39(48)38(31)23-34/h28-34,36-38,40-46,49H,3-11,13,15-27H2,1-2H3/p+1. The fourth-order valence-corrected chi connectivity index (χ4v) is 11.2. The second kappa shape index (κ2) is 20.2. The maximum atomic E-state index is 14.3. The predicted octanol–water partition coefficient (Wildman–Crippen LogP) is 4.63. The highest BCUT2D eigenvalue weighted by Gasteiger charge is 2.44. The Labute approximate surface area is 303 Å². The van der Waals surface area contributed by atoms with Crippen LogP contribution >= 0.6 is 0 Å². The van der Waals surface area contributed by atoms with Gasteiger partial charge in [-0.25, -0.2) is 0 Å². The van der Waals surface area contributed by atoms with Crippen molar-refractivity contribution in [1.29, 1.82) is 0 Å². The Bertz CT molecular complexity index is 1120. The van der Waals surface area contributed by atoms with Gasteiger partial charge >= 0.3 is 0 Å². The van der Waals surface area contributed by atoms with Gasteiger partial charge in [-0.1, -0.05) is 44.4 Å². The summed E-state index contributed by atoms with van der Waals surface area (Å²) in [5, 5.41) is 37.2. The molecule has 1 heterocycles. The lowest BCUT2D eigenvalue weighted by molar-refractivity contribution is -0.705. The average molecular weight is 700 g/mol. The molecule has 5 rings (SSSR count). The van der Waals surface area contributed by atoms with Crippen molar-refractivity contribution in [3.05, 3.63) is 0 Å². The molecular formula is C42H71N2O6+. The Kier molecular flexibility index (Phi) is 16.1. The predicted molar refractivity (Wildman–Crippen MR) is 196 cm³/mol. The van der Waals surface area contributed by atoms with Gasteiger partial charge in [0.1, 0.15) is 17.7 Å². The number of ether oxygens (including phenoxy) is 1. The number of fused-ring (bicyclic) bond motifs is 2. The molecule has 8 nitrogen and oxygen atoms in total. The number of Topliss-reactive ketones (excluding diaryl/α,β-unsaturated/α-hetero) is 2. The van der Waals surface area contributed by atoms with Crippen LogP contribution in [0.5, 0.6) is 0 Å². The third-order valence-corrected chi connectivity index (χ3v) is 13.9. The first-order valence-electron chi connectivity index (χ1n) is 20.9. The third kappa shape index (κ3) is 10.9. The molecule has 3 saturated carbocycles. The second-order valence-electron chi connectivity index (χ2n) is 17.2. The molecule has 1 saturated heterocycles. The van der Waals surface area contributed by atoms with Gasteiger partial charge in [-0.15, -0.1) is 0 Å². The van der Waals surface area contributed by atoms with E-state index >= 15 is 0 Å². The van der Waals surface area contributed by atoms with Crippen LogP contribution in [-0.4, -0.2) is 78.7 Å². The lowest BCUT2D eigenvalue weighted by atomic mass is 9.63. The minimum absolute atomic E-state index is 0.00275. The largest absolute Gasteiger partial charge is 0.396 e. The zero-order valence-electron chi connectivity index (χ0n) is 31.4. The van der Waals surface area contributed by atoms with Crippen LogP contribution in [-0.2, 0) is 14.3 Å². The van der Waals surface area contributed by atoms with Gasteiger partial charge in [0.2, 0.25) is 0 Å². The van der Waals surface area contributed by atoms with Crippen molar-refractivity contribution < 1.29 is 35.0 Å². The maximum absolute atomic E-state index is 14.3. The fourth-order valence-electron chi connectivity index (χ4n) is 11.2. The molecule has 6 N–H and O–H groups in total. The molecule has 0 aromatic heterocycles. The van der Waals surface area contributed by atoms with Crippen LogP contribution in [0, 0.1) is 71.0 Å². The summed E-state index contributed by atoms with van der Waals surface area (Å²) in [6, 6.07) is 0. The van der Waals surface area contributed by atoms with Gasteiger partial charge in [0.05, 0.1) is 25.2 Å². The first-order chi connectivity index (χ1) is 24.3. The Morgan fingerprint density at radius 3 is 2.50 bits per heavy atom. The number of methoxy groups -OCH3 is 1. The van der Waals surface area contributed by atoms with E-state index in [0.717, 1.165) is 77.3 Å². The van der Waals surface area contributed by atoms with E-state index in [1.165, 1.54) is 38.5 Å². The second-order valence-corrected chi connectivity index (χ2v) is 17.2. The van der Waals surface area contributed by atoms with Gasteiger partial charge in [0, 0.05) is 57.5 Å². The van der Waals surface area contributed by atoms with Crippen LogP contribution in [0.4, 0.5) is 0 Å². The van der Waals surface area contributed by atoms with Crippen LogP contribution < -0.4 is 10.6 Å². The first kappa shape index (κ1) is 39.9. The van der Waals surface area contributed by atoms with Gasteiger partial charge in [0.25, 0.3) is 0 Å².